The molecular formula is C18H29IN6O. The molecular weight excluding hydrogens is 443 g/mol. The van der Waals surface area contributed by atoms with Crippen LogP contribution in [-0.2, 0) is 20.1 Å². The van der Waals surface area contributed by atoms with Gasteiger partial charge in [0.05, 0.1) is 5.69 Å². The smallest absolute Gasteiger partial charge is 0.250 e. The lowest BCUT2D eigenvalue weighted by Gasteiger charge is -2.12. The number of guanidine groups is 1. The molecule has 0 saturated heterocycles. The van der Waals surface area contributed by atoms with Gasteiger partial charge in [0, 0.05) is 57.3 Å². The number of aromatic nitrogens is 3. The predicted octanol–water partition coefficient (Wildman–Crippen LogP) is 1.96. The molecule has 8 heteroatoms. The maximum Gasteiger partial charge on any atom is 0.250 e. The third-order valence-electron chi connectivity index (χ3n) is 4.33. The summed E-state index contributed by atoms with van der Waals surface area (Å²) in [7, 11) is 3.72. The van der Waals surface area contributed by atoms with E-state index in [0.717, 1.165) is 43.3 Å². The highest BCUT2D eigenvalue weighted by Gasteiger charge is 2.09. The Kier molecular flexibility index (Phi) is 9.39. The maximum atomic E-state index is 11.6. The summed E-state index contributed by atoms with van der Waals surface area (Å²) in [5.74, 6) is 0.777. The van der Waals surface area contributed by atoms with Crippen molar-refractivity contribution in [3.05, 3.63) is 51.7 Å². The molecule has 2 aromatic rings. The molecule has 0 amide bonds. The van der Waals surface area contributed by atoms with Gasteiger partial charge in [-0.15, -0.1) is 24.0 Å². The molecule has 0 aromatic carbocycles. The van der Waals surface area contributed by atoms with Crippen LogP contribution in [0.5, 0.6) is 0 Å². The van der Waals surface area contributed by atoms with Crippen molar-refractivity contribution in [1.82, 2.24) is 25.0 Å². The van der Waals surface area contributed by atoms with Crippen molar-refractivity contribution in [2.75, 3.05) is 13.6 Å². The number of nitrogens with one attached hydrogen (secondary N) is 2. The highest BCUT2D eigenvalue weighted by atomic mass is 127. The van der Waals surface area contributed by atoms with Crippen LogP contribution in [0.3, 0.4) is 0 Å². The molecule has 26 heavy (non-hydrogen) atoms. The van der Waals surface area contributed by atoms with Gasteiger partial charge in [0.25, 0.3) is 0 Å². The molecule has 144 valence electrons. The first-order valence-electron chi connectivity index (χ1n) is 8.62. The number of unbranched alkanes of at least 4 members (excludes halogenated alkanes) is 1. The van der Waals surface area contributed by atoms with E-state index in [4.69, 9.17) is 0 Å². The predicted molar refractivity (Wildman–Crippen MR) is 116 cm³/mol. The maximum absolute atomic E-state index is 11.6. The molecule has 0 bridgehead atoms. The number of rotatable bonds is 7. The Morgan fingerprint density at radius 3 is 2.62 bits per heavy atom. The van der Waals surface area contributed by atoms with Crippen LogP contribution in [0.25, 0.3) is 0 Å². The van der Waals surface area contributed by atoms with Crippen molar-refractivity contribution in [2.45, 2.75) is 39.8 Å². The zero-order valence-electron chi connectivity index (χ0n) is 16.0. The molecule has 0 atom stereocenters. The van der Waals surface area contributed by atoms with Gasteiger partial charge in [0.15, 0.2) is 5.96 Å². The van der Waals surface area contributed by atoms with E-state index in [2.05, 4.69) is 27.6 Å². The minimum absolute atomic E-state index is 0. The molecule has 7 nitrogen and oxygen atoms in total. The van der Waals surface area contributed by atoms with Crippen molar-refractivity contribution in [2.24, 2.45) is 12.0 Å². The number of halogens is 1. The van der Waals surface area contributed by atoms with E-state index in [9.17, 15) is 4.79 Å². The summed E-state index contributed by atoms with van der Waals surface area (Å²) < 4.78 is 3.63. The highest BCUT2D eigenvalue weighted by molar-refractivity contribution is 14.0. The normalized spacial score (nSPS) is 11.2. The number of hydrogen-bond donors (Lipinski definition) is 2. The van der Waals surface area contributed by atoms with Crippen LogP contribution in [0.4, 0.5) is 0 Å². The monoisotopic (exact) mass is 472 g/mol. The topological polar surface area (TPSA) is 76.2 Å². The number of aliphatic imine (C=N–C) groups is 1. The first-order valence-corrected chi connectivity index (χ1v) is 8.62. The van der Waals surface area contributed by atoms with Gasteiger partial charge in [0.1, 0.15) is 0 Å². The summed E-state index contributed by atoms with van der Waals surface area (Å²) in [6, 6.07) is 5.24. The summed E-state index contributed by atoms with van der Waals surface area (Å²) in [5.41, 5.74) is 3.45. The fourth-order valence-electron chi connectivity index (χ4n) is 2.73. The molecule has 2 aromatic heterocycles. The van der Waals surface area contributed by atoms with Gasteiger partial charge < -0.3 is 15.2 Å². The molecule has 0 radical (unpaired) electrons. The summed E-state index contributed by atoms with van der Waals surface area (Å²) in [6.45, 7) is 6.34. The molecule has 0 aliphatic rings. The Bertz CT molecular complexity index is 780. The summed E-state index contributed by atoms with van der Waals surface area (Å²) in [5, 5.41) is 11.1. The SMILES string of the molecule is CN=C(NCCCCn1ccccc1=O)NCc1c(C)nn(C)c1C.I. The Labute approximate surface area is 171 Å². The van der Waals surface area contributed by atoms with E-state index in [-0.39, 0.29) is 29.5 Å². The van der Waals surface area contributed by atoms with Gasteiger partial charge >= 0.3 is 0 Å². The molecule has 0 aliphatic carbocycles. The zero-order chi connectivity index (χ0) is 18.2. The number of aryl methyl sites for hydroxylation is 3. The molecule has 0 fully saturated rings. The molecule has 0 spiro atoms. The van der Waals surface area contributed by atoms with E-state index >= 15 is 0 Å². The fraction of sp³-hybridized carbons (Fsp3) is 0.500. The Hall–Kier alpha value is -1.84. The van der Waals surface area contributed by atoms with E-state index in [1.54, 1.807) is 23.7 Å². The van der Waals surface area contributed by atoms with Gasteiger partial charge in [-0.2, -0.15) is 5.10 Å². The highest BCUT2D eigenvalue weighted by Crippen LogP contribution is 2.10. The lowest BCUT2D eigenvalue weighted by atomic mass is 10.2. The lowest BCUT2D eigenvalue weighted by Crippen LogP contribution is -2.37. The molecule has 0 saturated carbocycles. The molecule has 0 aliphatic heterocycles. The summed E-state index contributed by atoms with van der Waals surface area (Å²) in [6.07, 6.45) is 3.73. The Morgan fingerprint density at radius 2 is 2.00 bits per heavy atom. The fourth-order valence-corrected chi connectivity index (χ4v) is 2.73. The molecule has 2 heterocycles. The minimum atomic E-state index is 0. The van der Waals surface area contributed by atoms with Crippen LogP contribution in [0.2, 0.25) is 0 Å². The number of hydrogen-bond acceptors (Lipinski definition) is 3. The van der Waals surface area contributed by atoms with Crippen LogP contribution in [0.15, 0.2) is 34.2 Å². The third-order valence-corrected chi connectivity index (χ3v) is 4.33. The molecule has 0 unspecified atom stereocenters. The molecule has 2 N–H and O–H groups in total. The number of pyridine rings is 1. The average molecular weight is 472 g/mol. The Balaban J connectivity index is 0.00000338. The van der Waals surface area contributed by atoms with Crippen molar-refractivity contribution in [3.8, 4) is 0 Å². The van der Waals surface area contributed by atoms with E-state index in [1.165, 1.54) is 5.56 Å². The van der Waals surface area contributed by atoms with Crippen LogP contribution < -0.4 is 16.2 Å². The second-order valence-corrected chi connectivity index (χ2v) is 6.06. The zero-order valence-corrected chi connectivity index (χ0v) is 18.3. The first kappa shape index (κ1) is 22.2. The second kappa shape index (κ2) is 11.0. The van der Waals surface area contributed by atoms with Gasteiger partial charge in [0.2, 0.25) is 5.56 Å². The minimum Gasteiger partial charge on any atom is -0.356 e. The van der Waals surface area contributed by atoms with Crippen molar-refractivity contribution < 1.29 is 0 Å². The van der Waals surface area contributed by atoms with Crippen molar-refractivity contribution in [3.63, 3.8) is 0 Å². The van der Waals surface area contributed by atoms with Gasteiger partial charge in [-0.3, -0.25) is 14.5 Å². The van der Waals surface area contributed by atoms with Gasteiger partial charge in [-0.25, -0.2) is 0 Å². The van der Waals surface area contributed by atoms with Crippen molar-refractivity contribution in [1.29, 1.82) is 0 Å². The van der Waals surface area contributed by atoms with Crippen LogP contribution >= 0.6 is 24.0 Å². The quantitative estimate of drug-likeness (QED) is 0.280. The van der Waals surface area contributed by atoms with Crippen molar-refractivity contribution >= 4 is 29.9 Å². The standard InChI is InChI=1S/C18H28N6O.HI/c1-14-16(15(2)23(4)22-14)13-21-18(19-3)20-10-6-8-12-24-11-7-5-9-17(24)25;/h5,7,9,11H,6,8,10,12-13H2,1-4H3,(H2,19,20,21);1H. The van der Waals surface area contributed by atoms with Gasteiger partial charge in [-0.05, 0) is 32.8 Å². The van der Waals surface area contributed by atoms with Gasteiger partial charge in [-0.1, -0.05) is 6.07 Å². The van der Waals surface area contributed by atoms with E-state index in [0.29, 0.717) is 6.54 Å². The largest absolute Gasteiger partial charge is 0.356 e. The van der Waals surface area contributed by atoms with E-state index < -0.39 is 0 Å². The second-order valence-electron chi connectivity index (χ2n) is 6.06. The Morgan fingerprint density at radius 1 is 1.23 bits per heavy atom. The average Bonchev–Trinajstić information content (AvgIpc) is 2.84. The lowest BCUT2D eigenvalue weighted by molar-refractivity contribution is 0.585. The van der Waals surface area contributed by atoms with Crippen LogP contribution in [0, 0.1) is 13.8 Å². The first-order chi connectivity index (χ1) is 12.0. The molecule has 2 rings (SSSR count). The van der Waals surface area contributed by atoms with E-state index in [1.807, 2.05) is 30.9 Å². The number of nitrogens with zero attached hydrogens (tertiary/aromatic N) is 4. The third kappa shape index (κ3) is 6.15. The van der Waals surface area contributed by atoms with Crippen LogP contribution in [-0.4, -0.2) is 33.9 Å². The summed E-state index contributed by atoms with van der Waals surface area (Å²) in [4.78, 5) is 15.9. The van der Waals surface area contributed by atoms with Crippen LogP contribution in [0.1, 0.15) is 29.8 Å². The summed E-state index contributed by atoms with van der Waals surface area (Å²) >= 11 is 0.